The Bertz CT molecular complexity index is 1530. The first-order chi connectivity index (χ1) is 19.6. The van der Waals surface area contributed by atoms with Crippen LogP contribution in [-0.2, 0) is 11.3 Å². The number of aromatic nitrogens is 5. The summed E-state index contributed by atoms with van der Waals surface area (Å²) in [4.78, 5) is 28.9. The van der Waals surface area contributed by atoms with Gasteiger partial charge in [0.2, 0.25) is 11.8 Å². The number of hydrogen-bond acceptors (Lipinski definition) is 10. The number of piperidine rings is 1. The number of rotatable bonds is 7. The molecule has 4 aromatic rings. The third kappa shape index (κ3) is 5.91. The molecular weight excluding hydrogens is 526 g/mol. The number of likely N-dealkylation sites (tertiary alicyclic amines) is 1. The third-order valence-electron chi connectivity index (χ3n) is 7.17. The number of carbonyl (C=O) groups is 1. The van der Waals surface area contributed by atoms with Crippen LogP contribution in [0.4, 0.5) is 10.7 Å². The zero-order valence-corrected chi connectivity index (χ0v) is 24.6. The third-order valence-corrected chi connectivity index (χ3v) is 7.17. The number of nitrogens with one attached hydrogen (secondary N) is 1. The van der Waals surface area contributed by atoms with E-state index in [2.05, 4.69) is 10.3 Å². The maximum atomic E-state index is 13.0. The molecule has 1 amide bonds. The minimum Gasteiger partial charge on any atom is -0.497 e. The van der Waals surface area contributed by atoms with Crippen LogP contribution in [0, 0.1) is 6.92 Å². The monoisotopic (exact) mass is 563 g/mol. The van der Waals surface area contributed by atoms with Crippen LogP contribution in [-0.4, -0.2) is 68.0 Å². The van der Waals surface area contributed by atoms with Crippen LogP contribution < -0.4 is 14.8 Å². The van der Waals surface area contributed by atoms with Crippen molar-refractivity contribution < 1.29 is 23.4 Å². The highest BCUT2D eigenvalue weighted by Crippen LogP contribution is 2.32. The zero-order chi connectivity index (χ0) is 29.3. The van der Waals surface area contributed by atoms with Gasteiger partial charge in [-0.05, 0) is 59.6 Å². The summed E-state index contributed by atoms with van der Waals surface area (Å²) in [5, 5.41) is 8.29. The fourth-order valence-corrected chi connectivity index (χ4v) is 4.96. The summed E-state index contributed by atoms with van der Waals surface area (Å²) in [7, 11) is 3.24. The lowest BCUT2D eigenvalue weighted by atomic mass is 9.93. The summed E-state index contributed by atoms with van der Waals surface area (Å²) in [6.45, 7) is 10.5. The zero-order valence-electron chi connectivity index (χ0n) is 24.6. The van der Waals surface area contributed by atoms with Crippen molar-refractivity contribution in [3.05, 3.63) is 47.6 Å². The Labute approximate surface area is 239 Å². The second-order valence-electron chi connectivity index (χ2n) is 11.2. The van der Waals surface area contributed by atoms with Crippen LogP contribution in [0.15, 0.2) is 35.1 Å². The van der Waals surface area contributed by atoms with Gasteiger partial charge in [0.15, 0.2) is 11.5 Å². The summed E-state index contributed by atoms with van der Waals surface area (Å²) in [6.07, 6.45) is 4.45. The number of nitrogens with zero attached hydrogens (tertiary/aromatic N) is 6. The number of oxazole rings is 1. The SMILES string of the molecule is COc1ccc(CNc2nc(-c3ncco3)c(C)c3nc(C4CCC(C)N(C(=O)OC(C)(C)C)C4)nn23)c(OC)c1. The lowest BCUT2D eigenvalue weighted by Gasteiger charge is -2.37. The molecule has 12 nitrogen and oxygen atoms in total. The highest BCUT2D eigenvalue weighted by atomic mass is 16.6. The van der Waals surface area contributed by atoms with E-state index in [0.29, 0.717) is 53.6 Å². The van der Waals surface area contributed by atoms with Crippen molar-refractivity contribution in [2.45, 2.75) is 71.6 Å². The van der Waals surface area contributed by atoms with Crippen LogP contribution in [0.5, 0.6) is 11.5 Å². The smallest absolute Gasteiger partial charge is 0.410 e. The molecule has 1 aliphatic rings. The number of methoxy groups -OCH3 is 2. The van der Waals surface area contributed by atoms with Crippen molar-refractivity contribution in [2.24, 2.45) is 0 Å². The Kier molecular flexibility index (Phi) is 7.74. The predicted octanol–water partition coefficient (Wildman–Crippen LogP) is 5.22. The quantitative estimate of drug-likeness (QED) is 0.319. The molecule has 1 aliphatic heterocycles. The number of anilines is 1. The normalized spacial score (nSPS) is 17.5. The van der Waals surface area contributed by atoms with Gasteiger partial charge in [-0.3, -0.25) is 0 Å². The largest absolute Gasteiger partial charge is 0.497 e. The Morgan fingerprint density at radius 2 is 1.98 bits per heavy atom. The number of aryl methyl sites for hydroxylation is 1. The average Bonchev–Trinajstić information content (AvgIpc) is 3.63. The summed E-state index contributed by atoms with van der Waals surface area (Å²) in [6, 6.07) is 5.72. The van der Waals surface area contributed by atoms with E-state index in [1.54, 1.807) is 29.8 Å². The molecule has 218 valence electrons. The maximum absolute atomic E-state index is 13.0. The van der Waals surface area contributed by atoms with E-state index in [-0.39, 0.29) is 18.1 Å². The van der Waals surface area contributed by atoms with Crippen LogP contribution in [0.25, 0.3) is 17.2 Å². The fraction of sp³-hybridized carbons (Fsp3) is 0.483. The maximum Gasteiger partial charge on any atom is 0.410 e. The number of carbonyl (C=O) groups excluding carboxylic acids is 1. The molecule has 4 heterocycles. The summed E-state index contributed by atoms with van der Waals surface area (Å²) >= 11 is 0. The lowest BCUT2D eigenvalue weighted by Crippen LogP contribution is -2.47. The molecule has 0 spiro atoms. The molecular formula is C29H37N7O5. The van der Waals surface area contributed by atoms with Crippen LogP contribution in [0.1, 0.15) is 63.4 Å². The van der Waals surface area contributed by atoms with Crippen molar-refractivity contribution in [2.75, 3.05) is 26.1 Å². The lowest BCUT2D eigenvalue weighted by molar-refractivity contribution is 0.00938. The van der Waals surface area contributed by atoms with Gasteiger partial charge in [0, 0.05) is 42.2 Å². The van der Waals surface area contributed by atoms with Gasteiger partial charge >= 0.3 is 6.09 Å². The van der Waals surface area contributed by atoms with Gasteiger partial charge in [-0.25, -0.2) is 19.7 Å². The van der Waals surface area contributed by atoms with Crippen molar-refractivity contribution in [3.8, 4) is 23.1 Å². The summed E-state index contributed by atoms with van der Waals surface area (Å²) in [5.74, 6) is 2.84. The molecule has 5 rings (SSSR count). The van der Waals surface area contributed by atoms with Gasteiger partial charge in [-0.15, -0.1) is 5.10 Å². The minimum atomic E-state index is -0.572. The molecule has 3 aromatic heterocycles. The van der Waals surface area contributed by atoms with Crippen molar-refractivity contribution in [1.29, 1.82) is 0 Å². The van der Waals surface area contributed by atoms with Gasteiger partial charge in [0.1, 0.15) is 29.1 Å². The first-order valence-electron chi connectivity index (χ1n) is 13.7. The molecule has 0 aliphatic carbocycles. The highest BCUT2D eigenvalue weighted by Gasteiger charge is 2.35. The molecule has 2 atom stereocenters. The Morgan fingerprint density at radius 1 is 1.17 bits per heavy atom. The van der Waals surface area contributed by atoms with Gasteiger partial charge in [0.05, 0.1) is 20.4 Å². The van der Waals surface area contributed by atoms with E-state index < -0.39 is 5.60 Å². The highest BCUT2D eigenvalue weighted by molar-refractivity contribution is 5.69. The average molecular weight is 564 g/mol. The molecule has 12 heteroatoms. The first-order valence-corrected chi connectivity index (χ1v) is 13.7. The molecule has 1 fully saturated rings. The Balaban J connectivity index is 1.50. The Morgan fingerprint density at radius 3 is 2.66 bits per heavy atom. The minimum absolute atomic E-state index is 0.0576. The van der Waals surface area contributed by atoms with Crippen molar-refractivity contribution in [3.63, 3.8) is 0 Å². The van der Waals surface area contributed by atoms with E-state index in [1.807, 2.05) is 52.8 Å². The topological polar surface area (TPSA) is 129 Å². The second-order valence-corrected chi connectivity index (χ2v) is 11.2. The van der Waals surface area contributed by atoms with E-state index in [0.717, 1.165) is 24.0 Å². The van der Waals surface area contributed by atoms with Crippen molar-refractivity contribution in [1.82, 2.24) is 29.5 Å². The Hall–Kier alpha value is -4.35. The van der Waals surface area contributed by atoms with Crippen LogP contribution in [0.2, 0.25) is 0 Å². The standard InChI is InChI=1S/C29H37N7O5/c1-17-8-9-20(16-35(17)28(37)41-29(3,4)5)24-33-25-18(2)23(26-30-12-13-40-26)32-27(36(25)34-24)31-15-19-10-11-21(38-6)14-22(19)39-7/h10-14,17,20H,8-9,15-16H2,1-7H3,(H,31,32). The van der Waals surface area contributed by atoms with Gasteiger partial charge < -0.3 is 28.8 Å². The van der Waals surface area contributed by atoms with Crippen LogP contribution in [0.3, 0.4) is 0 Å². The number of amides is 1. The fourth-order valence-electron chi connectivity index (χ4n) is 4.96. The van der Waals surface area contributed by atoms with E-state index in [1.165, 1.54) is 6.26 Å². The van der Waals surface area contributed by atoms with Gasteiger partial charge in [0.25, 0.3) is 0 Å². The van der Waals surface area contributed by atoms with Gasteiger partial charge in [-0.2, -0.15) is 4.52 Å². The first kappa shape index (κ1) is 28.2. The second kappa shape index (κ2) is 11.3. The molecule has 0 radical (unpaired) electrons. The predicted molar refractivity (Wildman–Crippen MR) is 152 cm³/mol. The molecule has 0 bridgehead atoms. The van der Waals surface area contributed by atoms with Crippen molar-refractivity contribution >= 4 is 17.7 Å². The number of benzene rings is 1. The molecule has 1 saturated heterocycles. The molecule has 1 aromatic carbocycles. The van der Waals surface area contributed by atoms with E-state index in [9.17, 15) is 4.79 Å². The summed E-state index contributed by atoms with van der Waals surface area (Å²) in [5.41, 5.74) is 2.33. The molecule has 2 unspecified atom stereocenters. The van der Waals surface area contributed by atoms with E-state index >= 15 is 0 Å². The number of hydrogen-bond donors (Lipinski definition) is 1. The number of fused-ring (bicyclic) bond motifs is 1. The van der Waals surface area contributed by atoms with Gasteiger partial charge in [-0.1, -0.05) is 0 Å². The molecule has 0 saturated carbocycles. The molecule has 1 N–H and O–H groups in total. The van der Waals surface area contributed by atoms with E-state index in [4.69, 9.17) is 33.7 Å². The summed E-state index contributed by atoms with van der Waals surface area (Å²) < 4.78 is 23.9. The van der Waals surface area contributed by atoms with Crippen LogP contribution >= 0.6 is 0 Å². The number of ether oxygens (including phenoxy) is 3. The molecule has 41 heavy (non-hydrogen) atoms.